The van der Waals surface area contributed by atoms with Crippen LogP contribution in [0, 0.1) is 17.2 Å². The maximum Gasteiger partial charge on any atom is 0.417 e. The van der Waals surface area contributed by atoms with Crippen molar-refractivity contribution in [1.29, 1.82) is 5.26 Å². The minimum Gasteiger partial charge on any atom is -0.393 e. The van der Waals surface area contributed by atoms with Gasteiger partial charge in [-0.05, 0) is 59.2 Å². The van der Waals surface area contributed by atoms with Crippen molar-refractivity contribution in [3.05, 3.63) is 89.0 Å². The van der Waals surface area contributed by atoms with Crippen LogP contribution < -0.4 is 5.32 Å². The highest BCUT2D eigenvalue weighted by Gasteiger charge is 2.44. The smallest absolute Gasteiger partial charge is 0.393 e. The lowest BCUT2D eigenvalue weighted by Crippen LogP contribution is -2.51. The van der Waals surface area contributed by atoms with Gasteiger partial charge in [0.25, 0.3) is 5.91 Å². The van der Waals surface area contributed by atoms with E-state index in [0.29, 0.717) is 24.0 Å². The molecule has 1 aliphatic rings. The maximum atomic E-state index is 13.6. The van der Waals surface area contributed by atoms with E-state index in [9.17, 15) is 28.2 Å². The number of amides is 1. The van der Waals surface area contributed by atoms with Gasteiger partial charge in [-0.1, -0.05) is 67.8 Å². The zero-order chi connectivity index (χ0) is 28.9. The van der Waals surface area contributed by atoms with Gasteiger partial charge in [0, 0.05) is 12.1 Å². The number of alkyl halides is 3. The Balaban J connectivity index is 1.63. The van der Waals surface area contributed by atoms with E-state index in [4.69, 9.17) is 10.4 Å². The van der Waals surface area contributed by atoms with Crippen molar-refractivity contribution >= 4 is 11.6 Å². The highest BCUT2D eigenvalue weighted by Crippen LogP contribution is 2.38. The molecule has 4 rings (SSSR count). The minimum absolute atomic E-state index is 0.0406. The normalized spacial score (nSPS) is 16.5. The zero-order valence-corrected chi connectivity index (χ0v) is 21.8. The van der Waals surface area contributed by atoms with Crippen molar-refractivity contribution in [2.75, 3.05) is 11.9 Å². The number of aliphatic hydroxyl groups is 3. The first-order chi connectivity index (χ1) is 19.0. The first kappa shape index (κ1) is 29.3. The number of benzene rings is 3. The lowest BCUT2D eigenvalue weighted by Gasteiger charge is -2.37. The van der Waals surface area contributed by atoms with Crippen LogP contribution in [0.15, 0.2) is 66.7 Å². The van der Waals surface area contributed by atoms with Gasteiger partial charge < -0.3 is 20.6 Å². The third kappa shape index (κ3) is 6.53. The number of rotatable bonds is 8. The van der Waals surface area contributed by atoms with Crippen LogP contribution in [0.4, 0.5) is 18.9 Å². The summed E-state index contributed by atoms with van der Waals surface area (Å²) in [6.07, 6.45) is -1.93. The standard InChI is InChI=1S/C31H31F3N2O4/c32-31(33,34)27-16-26(14-13-24(27)18-35)36-29(39)30(40,25-7-2-1-3-8-25)17-20-5-4-6-23(15-20)21-9-11-22(12-10-21)28(38)19-37/h4-6,9-16,25,28,37-38,40H,1-3,7-8,17,19H2,(H,36,39). The van der Waals surface area contributed by atoms with E-state index in [2.05, 4.69) is 5.32 Å². The number of carbonyl (C=O) groups is 1. The molecule has 40 heavy (non-hydrogen) atoms. The molecule has 0 aromatic heterocycles. The fourth-order valence-electron chi connectivity index (χ4n) is 5.36. The Bertz CT molecular complexity index is 1380. The molecule has 1 aliphatic carbocycles. The van der Waals surface area contributed by atoms with Crippen LogP contribution in [-0.2, 0) is 17.4 Å². The van der Waals surface area contributed by atoms with Gasteiger partial charge in [0.2, 0.25) is 0 Å². The molecule has 1 saturated carbocycles. The molecule has 0 bridgehead atoms. The average Bonchev–Trinajstić information content (AvgIpc) is 2.96. The summed E-state index contributed by atoms with van der Waals surface area (Å²) >= 11 is 0. The summed E-state index contributed by atoms with van der Waals surface area (Å²) in [7, 11) is 0. The Labute approximate surface area is 230 Å². The summed E-state index contributed by atoms with van der Waals surface area (Å²) in [5.74, 6) is -1.17. The number of hydrogen-bond donors (Lipinski definition) is 4. The third-order valence-electron chi connectivity index (χ3n) is 7.58. The molecule has 0 saturated heterocycles. The minimum atomic E-state index is -4.78. The molecule has 6 nitrogen and oxygen atoms in total. The molecule has 210 valence electrons. The second kappa shape index (κ2) is 12.2. The molecular formula is C31H31F3N2O4. The van der Waals surface area contributed by atoms with Gasteiger partial charge >= 0.3 is 6.18 Å². The lowest BCUT2D eigenvalue weighted by molar-refractivity contribution is -0.142. The first-order valence-corrected chi connectivity index (χ1v) is 13.2. The molecule has 4 N–H and O–H groups in total. The maximum absolute atomic E-state index is 13.6. The summed E-state index contributed by atoms with van der Waals surface area (Å²) in [5.41, 5.74) is -0.833. The van der Waals surface area contributed by atoms with Crippen molar-refractivity contribution in [2.45, 2.75) is 56.4 Å². The van der Waals surface area contributed by atoms with E-state index in [1.807, 2.05) is 12.1 Å². The van der Waals surface area contributed by atoms with Gasteiger partial charge in [-0.3, -0.25) is 4.79 Å². The second-order valence-electron chi connectivity index (χ2n) is 10.3. The van der Waals surface area contributed by atoms with Crippen molar-refractivity contribution < 1.29 is 33.3 Å². The summed E-state index contributed by atoms with van der Waals surface area (Å²) < 4.78 is 40.5. The average molecular weight is 553 g/mol. The number of aliphatic hydroxyl groups excluding tert-OH is 2. The molecule has 0 heterocycles. The zero-order valence-electron chi connectivity index (χ0n) is 21.8. The van der Waals surface area contributed by atoms with Gasteiger partial charge in [-0.2, -0.15) is 18.4 Å². The summed E-state index contributed by atoms with van der Waals surface area (Å²) in [6.45, 7) is -0.392. The van der Waals surface area contributed by atoms with Crippen LogP contribution in [-0.4, -0.2) is 33.4 Å². The van der Waals surface area contributed by atoms with Gasteiger partial charge in [0.05, 0.1) is 23.8 Å². The van der Waals surface area contributed by atoms with Crippen molar-refractivity contribution in [3.8, 4) is 17.2 Å². The summed E-state index contributed by atoms with van der Waals surface area (Å²) in [5, 5.41) is 42.5. The molecule has 9 heteroatoms. The number of nitrogens with one attached hydrogen (secondary N) is 1. The van der Waals surface area contributed by atoms with Crippen molar-refractivity contribution in [2.24, 2.45) is 5.92 Å². The van der Waals surface area contributed by atoms with E-state index < -0.39 is 41.5 Å². The second-order valence-corrected chi connectivity index (χ2v) is 10.3. The topological polar surface area (TPSA) is 114 Å². The van der Waals surface area contributed by atoms with Crippen LogP contribution in [0.3, 0.4) is 0 Å². The van der Waals surface area contributed by atoms with Gasteiger partial charge in [-0.25, -0.2) is 0 Å². The lowest BCUT2D eigenvalue weighted by atomic mass is 9.73. The van der Waals surface area contributed by atoms with E-state index >= 15 is 0 Å². The molecule has 0 aliphatic heterocycles. The van der Waals surface area contributed by atoms with Gasteiger partial charge in [0.1, 0.15) is 11.7 Å². The Kier molecular flexibility index (Phi) is 8.94. The predicted molar refractivity (Wildman–Crippen MR) is 144 cm³/mol. The Morgan fingerprint density at radius 3 is 2.33 bits per heavy atom. The van der Waals surface area contributed by atoms with E-state index in [1.54, 1.807) is 36.4 Å². The highest BCUT2D eigenvalue weighted by atomic mass is 19.4. The van der Waals surface area contributed by atoms with Crippen LogP contribution in [0.1, 0.15) is 60.5 Å². The number of halogens is 3. The fraction of sp³-hybridized carbons (Fsp3) is 0.355. The molecule has 3 aromatic rings. The SMILES string of the molecule is N#Cc1ccc(NC(=O)C(O)(Cc2cccc(-c3ccc(C(O)CO)cc3)c2)C2CCCCC2)cc1C(F)(F)F. The largest absolute Gasteiger partial charge is 0.417 e. The molecule has 1 amide bonds. The molecule has 2 unspecified atom stereocenters. The molecular weight excluding hydrogens is 521 g/mol. The highest BCUT2D eigenvalue weighted by molar-refractivity contribution is 5.97. The van der Waals surface area contributed by atoms with Crippen molar-refractivity contribution in [1.82, 2.24) is 0 Å². The van der Waals surface area contributed by atoms with Gasteiger partial charge in [-0.15, -0.1) is 0 Å². The molecule has 2 atom stereocenters. The monoisotopic (exact) mass is 552 g/mol. The molecule has 0 spiro atoms. The van der Waals surface area contributed by atoms with Crippen LogP contribution in [0.25, 0.3) is 11.1 Å². The Morgan fingerprint density at radius 2 is 1.70 bits per heavy atom. The van der Waals surface area contributed by atoms with Crippen molar-refractivity contribution in [3.63, 3.8) is 0 Å². The first-order valence-electron chi connectivity index (χ1n) is 13.2. The molecule has 3 aromatic carbocycles. The van der Waals surface area contributed by atoms with Crippen LogP contribution in [0.5, 0.6) is 0 Å². The molecule has 0 radical (unpaired) electrons. The van der Waals surface area contributed by atoms with Crippen LogP contribution >= 0.6 is 0 Å². The number of nitrogens with zero attached hydrogens (tertiary/aromatic N) is 1. The number of anilines is 1. The quantitative estimate of drug-likeness (QED) is 0.284. The van der Waals surface area contributed by atoms with E-state index in [1.165, 1.54) is 12.1 Å². The van der Waals surface area contributed by atoms with E-state index in [0.717, 1.165) is 42.5 Å². The molecule has 1 fully saturated rings. The summed E-state index contributed by atoms with van der Waals surface area (Å²) in [4.78, 5) is 13.6. The van der Waals surface area contributed by atoms with Crippen LogP contribution in [0.2, 0.25) is 0 Å². The number of carbonyl (C=O) groups excluding carboxylic acids is 1. The third-order valence-corrected chi connectivity index (χ3v) is 7.58. The number of hydrogen-bond acceptors (Lipinski definition) is 5. The predicted octanol–water partition coefficient (Wildman–Crippen LogP) is 5.76. The Morgan fingerprint density at radius 1 is 1.00 bits per heavy atom. The number of nitriles is 1. The van der Waals surface area contributed by atoms with Gasteiger partial charge in [0.15, 0.2) is 0 Å². The fourth-order valence-corrected chi connectivity index (χ4v) is 5.36. The Hall–Kier alpha value is -3.71. The summed E-state index contributed by atoms with van der Waals surface area (Å²) in [6, 6.07) is 18.8. The van der Waals surface area contributed by atoms with E-state index in [-0.39, 0.29) is 18.0 Å².